The van der Waals surface area contributed by atoms with E-state index in [1.807, 2.05) is 0 Å². The number of nitrogens with zero attached hydrogens (tertiary/aromatic N) is 2. The average molecular weight is 312 g/mol. The maximum Gasteiger partial charge on any atom is 0.288 e. The molecule has 0 saturated carbocycles. The molecular weight excluding hydrogens is 298 g/mol. The molecular formula is C13H14ClN3O4. The molecule has 2 N–H and O–H groups in total. The van der Waals surface area contributed by atoms with Gasteiger partial charge in [-0.15, -0.1) is 0 Å². The topological polar surface area (TPSA) is 107 Å². The molecule has 0 spiro atoms. The van der Waals surface area contributed by atoms with Gasteiger partial charge in [-0.2, -0.15) is 0 Å². The summed E-state index contributed by atoms with van der Waals surface area (Å²) >= 11 is 5.71. The van der Waals surface area contributed by atoms with Crippen molar-refractivity contribution < 1.29 is 14.5 Å². The van der Waals surface area contributed by atoms with Crippen molar-refractivity contribution in [1.29, 1.82) is 0 Å². The Morgan fingerprint density at radius 3 is 2.67 bits per heavy atom. The molecule has 1 unspecified atom stereocenters. The summed E-state index contributed by atoms with van der Waals surface area (Å²) in [5.74, 6) is -0.834. The zero-order valence-corrected chi connectivity index (χ0v) is 12.1. The number of primary amides is 1. The van der Waals surface area contributed by atoms with Crippen molar-refractivity contribution in [3.8, 4) is 0 Å². The molecule has 0 radical (unpaired) electrons. The van der Waals surface area contributed by atoms with Crippen LogP contribution in [0, 0.1) is 15.5 Å². The summed E-state index contributed by atoms with van der Waals surface area (Å²) in [6.07, 6.45) is 0.476. The number of nitro benzene ring substituents is 1. The first-order chi connectivity index (χ1) is 9.74. The van der Waals surface area contributed by atoms with Crippen LogP contribution in [0.15, 0.2) is 18.2 Å². The normalized spacial score (nSPS) is 21.3. The zero-order valence-electron chi connectivity index (χ0n) is 11.3. The Labute approximate surface area is 125 Å². The fourth-order valence-corrected chi connectivity index (χ4v) is 2.49. The lowest BCUT2D eigenvalue weighted by molar-refractivity contribution is -0.384. The Morgan fingerprint density at radius 2 is 2.14 bits per heavy atom. The number of rotatable bonds is 3. The molecule has 1 aliphatic rings. The number of carbonyl (C=O) groups excluding carboxylic acids is 2. The molecule has 21 heavy (non-hydrogen) atoms. The maximum atomic E-state index is 12.4. The van der Waals surface area contributed by atoms with Gasteiger partial charge < -0.3 is 10.6 Å². The van der Waals surface area contributed by atoms with Gasteiger partial charge in [0, 0.05) is 24.7 Å². The molecule has 1 heterocycles. The second-order valence-electron chi connectivity index (χ2n) is 5.32. The SMILES string of the molecule is CC1(C(N)=O)CCN(C(=O)c2ccc(Cl)c([N+](=O)[O-])c2)C1. The molecule has 7 nitrogen and oxygen atoms in total. The van der Waals surface area contributed by atoms with Crippen LogP contribution >= 0.6 is 11.6 Å². The van der Waals surface area contributed by atoms with Crippen molar-refractivity contribution >= 4 is 29.1 Å². The molecule has 1 atom stereocenters. The summed E-state index contributed by atoms with van der Waals surface area (Å²) in [6, 6.07) is 3.89. The van der Waals surface area contributed by atoms with E-state index in [2.05, 4.69) is 0 Å². The predicted octanol–water partition coefficient (Wildman–Crippen LogP) is 1.59. The van der Waals surface area contributed by atoms with Crippen molar-refractivity contribution in [1.82, 2.24) is 4.90 Å². The summed E-state index contributed by atoms with van der Waals surface area (Å²) in [4.78, 5) is 35.4. The van der Waals surface area contributed by atoms with Gasteiger partial charge in [0.15, 0.2) is 0 Å². The summed E-state index contributed by atoms with van der Waals surface area (Å²) in [5.41, 5.74) is 4.42. The van der Waals surface area contributed by atoms with Gasteiger partial charge >= 0.3 is 0 Å². The van der Waals surface area contributed by atoms with E-state index in [-0.39, 0.29) is 28.7 Å². The number of hydrogen-bond acceptors (Lipinski definition) is 4. The number of benzene rings is 1. The highest BCUT2D eigenvalue weighted by Gasteiger charge is 2.41. The van der Waals surface area contributed by atoms with Crippen LogP contribution < -0.4 is 5.73 Å². The minimum absolute atomic E-state index is 0.0278. The number of nitro groups is 1. The molecule has 8 heteroatoms. The number of halogens is 1. The molecule has 1 aliphatic heterocycles. The standard InChI is InChI=1S/C13H14ClN3O4/c1-13(12(15)19)4-5-16(7-13)11(18)8-2-3-9(14)10(6-8)17(20)21/h2-3,6H,4-5,7H2,1H3,(H2,15,19). The van der Waals surface area contributed by atoms with Crippen LogP contribution in [-0.2, 0) is 4.79 Å². The summed E-state index contributed by atoms with van der Waals surface area (Å²) in [6.45, 7) is 2.29. The zero-order chi connectivity index (χ0) is 15.8. The third-order valence-corrected chi connectivity index (χ3v) is 4.06. The highest BCUT2D eigenvalue weighted by molar-refractivity contribution is 6.32. The van der Waals surface area contributed by atoms with E-state index in [1.165, 1.54) is 17.0 Å². The molecule has 2 rings (SSSR count). The molecule has 1 fully saturated rings. The number of amides is 2. The quantitative estimate of drug-likeness (QED) is 0.675. The third-order valence-electron chi connectivity index (χ3n) is 3.75. The van der Waals surface area contributed by atoms with Crippen LogP contribution in [0.25, 0.3) is 0 Å². The molecule has 112 valence electrons. The Hall–Kier alpha value is -2.15. The van der Waals surface area contributed by atoms with Crippen LogP contribution in [0.5, 0.6) is 0 Å². The Bertz CT molecular complexity index is 634. The van der Waals surface area contributed by atoms with Crippen molar-refractivity contribution in [3.63, 3.8) is 0 Å². The third kappa shape index (κ3) is 2.82. The first kappa shape index (κ1) is 15.2. The fraction of sp³-hybridized carbons (Fsp3) is 0.385. The molecule has 2 amide bonds. The van der Waals surface area contributed by atoms with Crippen LogP contribution in [0.3, 0.4) is 0 Å². The van der Waals surface area contributed by atoms with Crippen LogP contribution in [0.1, 0.15) is 23.7 Å². The van der Waals surface area contributed by atoms with E-state index < -0.39 is 16.2 Å². The van der Waals surface area contributed by atoms with Crippen LogP contribution in [-0.4, -0.2) is 34.7 Å². The smallest absolute Gasteiger partial charge is 0.288 e. The highest BCUT2D eigenvalue weighted by Crippen LogP contribution is 2.31. The van der Waals surface area contributed by atoms with Gasteiger partial charge in [-0.05, 0) is 25.5 Å². The fourth-order valence-electron chi connectivity index (χ4n) is 2.30. The summed E-state index contributed by atoms with van der Waals surface area (Å²) in [7, 11) is 0. The minimum Gasteiger partial charge on any atom is -0.369 e. The lowest BCUT2D eigenvalue weighted by atomic mass is 9.89. The van der Waals surface area contributed by atoms with E-state index in [9.17, 15) is 19.7 Å². The lowest BCUT2D eigenvalue weighted by Gasteiger charge is -2.21. The van der Waals surface area contributed by atoms with Gasteiger partial charge in [-0.25, -0.2) is 0 Å². The molecule has 0 aromatic heterocycles. The second-order valence-corrected chi connectivity index (χ2v) is 5.73. The number of nitrogens with two attached hydrogens (primary N) is 1. The lowest BCUT2D eigenvalue weighted by Crippen LogP contribution is -2.38. The van der Waals surface area contributed by atoms with Gasteiger partial charge in [-0.1, -0.05) is 11.6 Å². The predicted molar refractivity (Wildman–Crippen MR) is 75.9 cm³/mol. The largest absolute Gasteiger partial charge is 0.369 e. The first-order valence-corrected chi connectivity index (χ1v) is 6.65. The maximum absolute atomic E-state index is 12.4. The average Bonchev–Trinajstić information content (AvgIpc) is 2.82. The van der Waals surface area contributed by atoms with Crippen molar-refractivity contribution in [3.05, 3.63) is 38.9 Å². The van der Waals surface area contributed by atoms with Gasteiger partial charge in [0.2, 0.25) is 5.91 Å². The first-order valence-electron chi connectivity index (χ1n) is 6.28. The molecule has 0 bridgehead atoms. The van der Waals surface area contributed by atoms with Crippen molar-refractivity contribution in [2.24, 2.45) is 11.1 Å². The van der Waals surface area contributed by atoms with E-state index >= 15 is 0 Å². The molecule has 1 aromatic carbocycles. The number of likely N-dealkylation sites (tertiary alicyclic amines) is 1. The number of hydrogen-bond donors (Lipinski definition) is 1. The van der Waals surface area contributed by atoms with E-state index in [0.717, 1.165) is 6.07 Å². The van der Waals surface area contributed by atoms with Gasteiger partial charge in [0.25, 0.3) is 11.6 Å². The van der Waals surface area contributed by atoms with Crippen molar-refractivity contribution in [2.75, 3.05) is 13.1 Å². The van der Waals surface area contributed by atoms with Crippen LogP contribution in [0.4, 0.5) is 5.69 Å². The highest BCUT2D eigenvalue weighted by atomic mass is 35.5. The molecule has 0 aliphatic carbocycles. The Morgan fingerprint density at radius 1 is 1.48 bits per heavy atom. The van der Waals surface area contributed by atoms with Gasteiger partial charge in [0.1, 0.15) is 5.02 Å². The van der Waals surface area contributed by atoms with Gasteiger partial charge in [-0.3, -0.25) is 19.7 Å². The van der Waals surface area contributed by atoms with E-state index in [4.69, 9.17) is 17.3 Å². The van der Waals surface area contributed by atoms with E-state index in [0.29, 0.717) is 13.0 Å². The Kier molecular flexibility index (Phi) is 3.87. The van der Waals surface area contributed by atoms with Crippen LogP contribution in [0.2, 0.25) is 5.02 Å². The monoisotopic (exact) mass is 311 g/mol. The van der Waals surface area contributed by atoms with Gasteiger partial charge in [0.05, 0.1) is 10.3 Å². The summed E-state index contributed by atoms with van der Waals surface area (Å²) < 4.78 is 0. The Balaban J connectivity index is 2.24. The molecule has 1 aromatic rings. The van der Waals surface area contributed by atoms with E-state index in [1.54, 1.807) is 6.92 Å². The van der Waals surface area contributed by atoms with Crippen molar-refractivity contribution in [2.45, 2.75) is 13.3 Å². The minimum atomic E-state index is -0.756. The molecule has 1 saturated heterocycles. The number of carbonyl (C=O) groups is 2. The summed E-state index contributed by atoms with van der Waals surface area (Å²) in [5, 5.41) is 10.8. The second kappa shape index (κ2) is 5.33.